The number of carbonyl (C=O) groups is 1. The van der Waals surface area contributed by atoms with Crippen LogP contribution in [0.5, 0.6) is 0 Å². The molecule has 3 rings (SSSR count). The Morgan fingerprint density at radius 2 is 1.79 bits per heavy atom. The first-order valence-electron chi connectivity index (χ1n) is 7.32. The van der Waals surface area contributed by atoms with E-state index in [2.05, 4.69) is 15.6 Å². The van der Waals surface area contributed by atoms with Crippen LogP contribution in [0.15, 0.2) is 60.0 Å². The molecule has 0 aliphatic heterocycles. The van der Waals surface area contributed by atoms with Crippen molar-refractivity contribution >= 4 is 39.7 Å². The molecule has 6 heteroatoms. The minimum absolute atomic E-state index is 0.231. The molecule has 0 atom stereocenters. The number of thiazole rings is 1. The van der Waals surface area contributed by atoms with E-state index in [9.17, 15) is 4.79 Å². The van der Waals surface area contributed by atoms with Crippen LogP contribution in [0.25, 0.3) is 11.3 Å². The van der Waals surface area contributed by atoms with Crippen molar-refractivity contribution in [3.05, 3.63) is 71.1 Å². The molecule has 1 amide bonds. The smallest absolute Gasteiger partial charge is 0.257 e. The molecular weight excluding hydrogens is 338 g/mol. The predicted molar refractivity (Wildman–Crippen MR) is 102 cm³/mol. The summed E-state index contributed by atoms with van der Waals surface area (Å²) in [4.78, 5) is 16.7. The Labute approximate surface area is 149 Å². The molecule has 120 valence electrons. The highest BCUT2D eigenvalue weighted by Crippen LogP contribution is 2.24. The van der Waals surface area contributed by atoms with Crippen LogP contribution >= 0.6 is 23.6 Å². The topological polar surface area (TPSA) is 54.0 Å². The van der Waals surface area contributed by atoms with Crippen LogP contribution < -0.4 is 10.6 Å². The highest BCUT2D eigenvalue weighted by molar-refractivity contribution is 7.80. The van der Waals surface area contributed by atoms with E-state index >= 15 is 0 Å². The summed E-state index contributed by atoms with van der Waals surface area (Å²) in [5.41, 5.74) is 3.41. The van der Waals surface area contributed by atoms with Crippen LogP contribution in [0.2, 0.25) is 0 Å². The molecule has 1 aromatic heterocycles. The van der Waals surface area contributed by atoms with Gasteiger partial charge < -0.3 is 5.32 Å². The van der Waals surface area contributed by atoms with Gasteiger partial charge in [0.2, 0.25) is 0 Å². The second-order valence-electron chi connectivity index (χ2n) is 5.13. The molecule has 4 nitrogen and oxygen atoms in total. The first-order valence-corrected chi connectivity index (χ1v) is 8.61. The van der Waals surface area contributed by atoms with Gasteiger partial charge in [-0.15, -0.1) is 11.3 Å². The molecule has 0 fully saturated rings. The first-order chi connectivity index (χ1) is 11.6. The lowest BCUT2D eigenvalue weighted by molar-refractivity contribution is 0.0977. The van der Waals surface area contributed by atoms with Crippen LogP contribution in [0.1, 0.15) is 15.9 Å². The number of aromatic nitrogens is 1. The fourth-order valence-corrected chi connectivity index (χ4v) is 3.18. The highest BCUT2D eigenvalue weighted by atomic mass is 32.1. The standard InChI is InChI=1S/C18H15N3OS2/c1-12-7-5-6-10-14(12)16(22)20-17(23)21-18-19-15(11-24-18)13-8-3-2-4-9-13/h2-11H,1H3,(H2,19,20,21,22,23). The molecule has 2 N–H and O–H groups in total. The molecular formula is C18H15N3OS2. The van der Waals surface area contributed by atoms with Gasteiger partial charge in [0.1, 0.15) is 0 Å². The number of thiocarbonyl (C=S) groups is 1. The van der Waals surface area contributed by atoms with Crippen LogP contribution in [0, 0.1) is 6.92 Å². The summed E-state index contributed by atoms with van der Waals surface area (Å²) >= 11 is 6.64. The van der Waals surface area contributed by atoms with Crippen molar-refractivity contribution in [3.63, 3.8) is 0 Å². The SMILES string of the molecule is Cc1ccccc1C(=O)NC(=S)Nc1nc(-c2ccccc2)cs1. The predicted octanol–water partition coefficient (Wildman–Crippen LogP) is 4.25. The third-order valence-corrected chi connectivity index (χ3v) is 4.37. The van der Waals surface area contributed by atoms with E-state index < -0.39 is 0 Å². The first kappa shape index (κ1) is 16.3. The van der Waals surface area contributed by atoms with Gasteiger partial charge in [0.05, 0.1) is 5.69 Å². The number of rotatable bonds is 3. The molecule has 0 aliphatic carbocycles. The maximum absolute atomic E-state index is 12.2. The second-order valence-corrected chi connectivity index (χ2v) is 6.39. The number of benzene rings is 2. The zero-order valence-corrected chi connectivity index (χ0v) is 14.6. The van der Waals surface area contributed by atoms with E-state index in [1.807, 2.05) is 60.8 Å². The number of nitrogens with one attached hydrogen (secondary N) is 2. The van der Waals surface area contributed by atoms with Gasteiger partial charge in [0.15, 0.2) is 10.2 Å². The van der Waals surface area contributed by atoms with E-state index in [1.165, 1.54) is 11.3 Å². The molecule has 0 unspecified atom stereocenters. The summed E-state index contributed by atoms with van der Waals surface area (Å²) in [6.45, 7) is 1.89. The largest absolute Gasteiger partial charge is 0.308 e. The number of carbonyl (C=O) groups excluding carboxylic acids is 1. The van der Waals surface area contributed by atoms with Crippen LogP contribution in [0.4, 0.5) is 5.13 Å². The lowest BCUT2D eigenvalue weighted by Crippen LogP contribution is -2.34. The van der Waals surface area contributed by atoms with Crippen molar-refractivity contribution < 1.29 is 4.79 Å². The van der Waals surface area contributed by atoms with E-state index in [1.54, 1.807) is 6.07 Å². The van der Waals surface area contributed by atoms with Gasteiger partial charge in [0.25, 0.3) is 5.91 Å². The van der Waals surface area contributed by atoms with Gasteiger partial charge in [-0.1, -0.05) is 48.5 Å². The van der Waals surface area contributed by atoms with Gasteiger partial charge in [-0.25, -0.2) is 4.98 Å². The average molecular weight is 353 g/mol. The lowest BCUT2D eigenvalue weighted by atomic mass is 10.1. The maximum Gasteiger partial charge on any atom is 0.257 e. The van der Waals surface area contributed by atoms with Crippen LogP contribution in [-0.2, 0) is 0 Å². The fourth-order valence-electron chi connectivity index (χ4n) is 2.20. The Kier molecular flexibility index (Phi) is 4.98. The third kappa shape index (κ3) is 3.84. The van der Waals surface area contributed by atoms with Crippen molar-refractivity contribution in [1.82, 2.24) is 10.3 Å². The van der Waals surface area contributed by atoms with Crippen LogP contribution in [0.3, 0.4) is 0 Å². The summed E-state index contributed by atoms with van der Waals surface area (Å²) in [5, 5.41) is 8.47. The molecule has 0 aliphatic rings. The molecule has 0 radical (unpaired) electrons. The van der Waals surface area contributed by atoms with Gasteiger partial charge >= 0.3 is 0 Å². The molecule has 3 aromatic rings. The quantitative estimate of drug-likeness (QED) is 0.691. The van der Waals surface area contributed by atoms with Crippen molar-refractivity contribution in [3.8, 4) is 11.3 Å². The number of anilines is 1. The normalized spacial score (nSPS) is 10.2. The summed E-state index contributed by atoms with van der Waals surface area (Å²) < 4.78 is 0. The van der Waals surface area contributed by atoms with Crippen molar-refractivity contribution in [1.29, 1.82) is 0 Å². The van der Waals surface area contributed by atoms with Crippen molar-refractivity contribution in [2.45, 2.75) is 6.92 Å². The lowest BCUT2D eigenvalue weighted by Gasteiger charge is -2.08. The Morgan fingerprint density at radius 1 is 1.08 bits per heavy atom. The summed E-state index contributed by atoms with van der Waals surface area (Å²) in [6.07, 6.45) is 0. The maximum atomic E-state index is 12.2. The van der Waals surface area contributed by atoms with E-state index in [-0.39, 0.29) is 11.0 Å². The average Bonchev–Trinajstić information content (AvgIpc) is 3.04. The number of nitrogens with zero attached hydrogens (tertiary/aromatic N) is 1. The second kappa shape index (κ2) is 7.33. The van der Waals surface area contributed by atoms with E-state index in [4.69, 9.17) is 12.2 Å². The monoisotopic (exact) mass is 353 g/mol. The zero-order chi connectivity index (χ0) is 16.9. The van der Waals surface area contributed by atoms with Gasteiger partial charge in [-0.05, 0) is 30.8 Å². The third-order valence-electron chi connectivity index (χ3n) is 3.41. The number of hydrogen-bond donors (Lipinski definition) is 2. The Balaban J connectivity index is 1.65. The molecule has 24 heavy (non-hydrogen) atoms. The van der Waals surface area contributed by atoms with Crippen molar-refractivity contribution in [2.24, 2.45) is 0 Å². The number of hydrogen-bond acceptors (Lipinski definition) is 4. The number of aryl methyl sites for hydroxylation is 1. The van der Waals surface area contributed by atoms with E-state index in [0.29, 0.717) is 10.7 Å². The van der Waals surface area contributed by atoms with Gasteiger partial charge in [-0.2, -0.15) is 0 Å². The Morgan fingerprint density at radius 3 is 2.54 bits per heavy atom. The highest BCUT2D eigenvalue weighted by Gasteiger charge is 2.11. The Hall–Kier alpha value is -2.57. The Bertz CT molecular complexity index is 875. The summed E-state index contributed by atoms with van der Waals surface area (Å²) in [6, 6.07) is 17.3. The molecule has 2 aromatic carbocycles. The molecule has 0 spiro atoms. The van der Waals surface area contributed by atoms with Gasteiger partial charge in [0, 0.05) is 16.5 Å². The minimum atomic E-state index is -0.231. The summed E-state index contributed by atoms with van der Waals surface area (Å²) in [5.74, 6) is -0.231. The fraction of sp³-hybridized carbons (Fsp3) is 0.0556. The van der Waals surface area contributed by atoms with Crippen LogP contribution in [-0.4, -0.2) is 16.0 Å². The molecule has 0 saturated carbocycles. The van der Waals surface area contributed by atoms with Crippen molar-refractivity contribution in [2.75, 3.05) is 5.32 Å². The molecule has 0 bridgehead atoms. The summed E-state index contributed by atoms with van der Waals surface area (Å²) in [7, 11) is 0. The minimum Gasteiger partial charge on any atom is -0.308 e. The number of amides is 1. The van der Waals surface area contributed by atoms with Gasteiger partial charge in [-0.3, -0.25) is 10.1 Å². The van der Waals surface area contributed by atoms with E-state index in [0.717, 1.165) is 16.8 Å². The zero-order valence-electron chi connectivity index (χ0n) is 12.9. The molecule has 1 heterocycles. The molecule has 0 saturated heterocycles.